The number of hydrogen-bond acceptors (Lipinski definition) is 5. The molecule has 0 saturated carbocycles. The molecule has 3 rings (SSSR count). The third-order valence-corrected chi connectivity index (χ3v) is 4.78. The van der Waals surface area contributed by atoms with Crippen molar-refractivity contribution in [2.75, 3.05) is 20.3 Å². The summed E-state index contributed by atoms with van der Waals surface area (Å²) < 4.78 is 18.2. The molecule has 0 aliphatic heterocycles. The summed E-state index contributed by atoms with van der Waals surface area (Å²) in [6, 6.07) is 13.5. The first-order chi connectivity index (χ1) is 15.1. The van der Waals surface area contributed by atoms with Gasteiger partial charge in [-0.3, -0.25) is 0 Å². The minimum atomic E-state index is -0.465. The molecule has 31 heavy (non-hydrogen) atoms. The van der Waals surface area contributed by atoms with E-state index in [-0.39, 0.29) is 6.61 Å². The van der Waals surface area contributed by atoms with Crippen molar-refractivity contribution in [3.8, 4) is 11.5 Å². The quantitative estimate of drug-likeness (QED) is 0.342. The number of carbonyl (C=O) groups excluding carboxylic acids is 1. The average molecular weight is 441 g/mol. The summed E-state index contributed by atoms with van der Waals surface area (Å²) in [6.45, 7) is 4.92. The number of methoxy groups -OCH3 is 1. The van der Waals surface area contributed by atoms with Gasteiger partial charge in [-0.2, -0.15) is 0 Å². The van der Waals surface area contributed by atoms with Crippen LogP contribution in [-0.2, 0) is 16.1 Å². The molecular formula is C24H25ClN2O4. The largest absolute Gasteiger partial charge is 0.491 e. The molecule has 162 valence electrons. The van der Waals surface area contributed by atoms with Gasteiger partial charge in [-0.05, 0) is 43.2 Å². The van der Waals surface area contributed by atoms with Gasteiger partial charge >= 0.3 is 5.97 Å². The summed E-state index contributed by atoms with van der Waals surface area (Å²) in [7, 11) is 1.53. The van der Waals surface area contributed by atoms with Gasteiger partial charge in [0.15, 0.2) is 11.5 Å². The second-order valence-corrected chi connectivity index (χ2v) is 7.02. The number of nitrogens with zero attached hydrogens (tertiary/aromatic N) is 2. The van der Waals surface area contributed by atoms with E-state index in [1.165, 1.54) is 7.11 Å². The molecule has 0 radical (unpaired) electrons. The first-order valence-electron chi connectivity index (χ1n) is 10.0. The second kappa shape index (κ2) is 10.7. The molecule has 0 bridgehead atoms. The molecule has 7 heteroatoms. The number of benzene rings is 2. The van der Waals surface area contributed by atoms with E-state index in [0.717, 1.165) is 5.56 Å². The Labute approximate surface area is 187 Å². The average Bonchev–Trinajstić information content (AvgIpc) is 3.20. The molecule has 0 aliphatic carbocycles. The maximum absolute atomic E-state index is 12.8. The minimum Gasteiger partial charge on any atom is -0.491 e. The number of hydrogen-bond donors (Lipinski definition) is 0. The monoisotopic (exact) mass is 440 g/mol. The van der Waals surface area contributed by atoms with Crippen molar-refractivity contribution in [1.29, 1.82) is 0 Å². The molecule has 0 saturated heterocycles. The third-order valence-electron chi connectivity index (χ3n) is 4.49. The van der Waals surface area contributed by atoms with Crippen LogP contribution in [0.3, 0.4) is 0 Å². The zero-order valence-electron chi connectivity index (χ0n) is 17.8. The Hall–Kier alpha value is -3.25. The van der Waals surface area contributed by atoms with E-state index in [4.69, 9.17) is 25.8 Å². The number of esters is 1. The molecule has 0 aliphatic rings. The van der Waals surface area contributed by atoms with Crippen LogP contribution in [0.5, 0.6) is 11.5 Å². The SMILES string of the molecule is CCOC(=O)/C(=C/c1cc(Cl)c(OC)c(OCC)c1)c1nccn1Cc1ccccc1. The van der Waals surface area contributed by atoms with Crippen LogP contribution in [0.4, 0.5) is 0 Å². The standard InChI is InChI=1S/C24H25ClN2O4/c1-4-30-21-15-18(14-20(25)22(21)29-3)13-19(24(28)31-5-2)23-26-11-12-27(23)16-17-9-7-6-8-10-17/h6-15H,4-5,16H2,1-3H3/b19-13+. The molecule has 1 heterocycles. The number of rotatable bonds is 9. The van der Waals surface area contributed by atoms with Gasteiger partial charge in [0.2, 0.25) is 0 Å². The van der Waals surface area contributed by atoms with E-state index in [1.807, 2.05) is 48.0 Å². The second-order valence-electron chi connectivity index (χ2n) is 6.61. The Morgan fingerprint density at radius 1 is 1.16 bits per heavy atom. The molecular weight excluding hydrogens is 416 g/mol. The lowest BCUT2D eigenvalue weighted by atomic mass is 10.1. The van der Waals surface area contributed by atoms with Crippen LogP contribution in [0, 0.1) is 0 Å². The Bertz CT molecular complexity index is 1060. The van der Waals surface area contributed by atoms with Crippen LogP contribution in [0.25, 0.3) is 11.6 Å². The molecule has 0 atom stereocenters. The Morgan fingerprint density at radius 2 is 1.94 bits per heavy atom. The van der Waals surface area contributed by atoms with Gasteiger partial charge in [0, 0.05) is 18.9 Å². The van der Waals surface area contributed by atoms with Gasteiger partial charge in [-0.1, -0.05) is 41.9 Å². The first-order valence-corrected chi connectivity index (χ1v) is 10.4. The topological polar surface area (TPSA) is 62.6 Å². The lowest BCUT2D eigenvalue weighted by molar-refractivity contribution is -0.136. The van der Waals surface area contributed by atoms with Crippen LogP contribution in [0.15, 0.2) is 54.9 Å². The number of aromatic nitrogens is 2. The normalized spacial score (nSPS) is 11.3. The smallest absolute Gasteiger partial charge is 0.341 e. The van der Waals surface area contributed by atoms with Crippen molar-refractivity contribution < 1.29 is 19.0 Å². The summed E-state index contributed by atoms with van der Waals surface area (Å²) in [5.74, 6) is 0.989. The van der Waals surface area contributed by atoms with E-state index in [0.29, 0.717) is 46.6 Å². The lowest BCUT2D eigenvalue weighted by Crippen LogP contribution is -2.12. The van der Waals surface area contributed by atoms with Crippen LogP contribution in [0.2, 0.25) is 5.02 Å². The summed E-state index contributed by atoms with van der Waals surface area (Å²) in [4.78, 5) is 17.3. The van der Waals surface area contributed by atoms with Gasteiger partial charge < -0.3 is 18.8 Å². The highest BCUT2D eigenvalue weighted by Gasteiger charge is 2.20. The lowest BCUT2D eigenvalue weighted by Gasteiger charge is -2.13. The molecule has 3 aromatic rings. The van der Waals surface area contributed by atoms with Crippen molar-refractivity contribution >= 4 is 29.2 Å². The molecule has 6 nitrogen and oxygen atoms in total. The van der Waals surface area contributed by atoms with E-state index in [9.17, 15) is 4.79 Å². The van der Waals surface area contributed by atoms with Crippen molar-refractivity contribution in [3.63, 3.8) is 0 Å². The summed E-state index contributed by atoms with van der Waals surface area (Å²) in [5.41, 5.74) is 2.09. The van der Waals surface area contributed by atoms with Gasteiger partial charge in [0.1, 0.15) is 11.4 Å². The Kier molecular flexibility index (Phi) is 7.73. The maximum Gasteiger partial charge on any atom is 0.341 e. The highest BCUT2D eigenvalue weighted by molar-refractivity contribution is 6.32. The summed E-state index contributed by atoms with van der Waals surface area (Å²) >= 11 is 6.39. The summed E-state index contributed by atoms with van der Waals surface area (Å²) in [5, 5.41) is 0.385. The summed E-state index contributed by atoms with van der Waals surface area (Å²) in [6.07, 6.45) is 5.20. The van der Waals surface area contributed by atoms with E-state index in [2.05, 4.69) is 4.98 Å². The van der Waals surface area contributed by atoms with Gasteiger partial charge in [0.05, 0.1) is 25.3 Å². The van der Waals surface area contributed by atoms with Crippen LogP contribution in [0.1, 0.15) is 30.8 Å². The number of halogens is 1. The predicted octanol–water partition coefficient (Wildman–Crippen LogP) is 5.10. The molecule has 0 fully saturated rings. The predicted molar refractivity (Wildman–Crippen MR) is 121 cm³/mol. The number of carbonyl (C=O) groups is 1. The number of ether oxygens (including phenoxy) is 3. The zero-order chi connectivity index (χ0) is 22.2. The van der Waals surface area contributed by atoms with Crippen LogP contribution >= 0.6 is 11.6 Å². The molecule has 0 amide bonds. The highest BCUT2D eigenvalue weighted by atomic mass is 35.5. The first kappa shape index (κ1) is 22.4. The van der Waals surface area contributed by atoms with E-state index in [1.54, 1.807) is 31.3 Å². The maximum atomic E-state index is 12.8. The molecule has 1 aromatic heterocycles. The van der Waals surface area contributed by atoms with E-state index < -0.39 is 5.97 Å². The fourth-order valence-corrected chi connectivity index (χ4v) is 3.48. The molecule has 0 spiro atoms. The zero-order valence-corrected chi connectivity index (χ0v) is 18.6. The van der Waals surface area contributed by atoms with Crippen molar-refractivity contribution in [3.05, 3.63) is 76.8 Å². The molecule has 2 aromatic carbocycles. The third kappa shape index (κ3) is 5.47. The van der Waals surface area contributed by atoms with Crippen LogP contribution in [-0.4, -0.2) is 35.8 Å². The van der Waals surface area contributed by atoms with Gasteiger partial charge in [-0.15, -0.1) is 0 Å². The van der Waals surface area contributed by atoms with Crippen LogP contribution < -0.4 is 9.47 Å². The Balaban J connectivity index is 2.07. The van der Waals surface area contributed by atoms with Gasteiger partial charge in [0.25, 0.3) is 0 Å². The van der Waals surface area contributed by atoms with Crippen molar-refractivity contribution in [2.24, 2.45) is 0 Å². The Morgan fingerprint density at radius 3 is 2.61 bits per heavy atom. The number of imidazole rings is 1. The van der Waals surface area contributed by atoms with Gasteiger partial charge in [-0.25, -0.2) is 9.78 Å². The van der Waals surface area contributed by atoms with E-state index >= 15 is 0 Å². The highest BCUT2D eigenvalue weighted by Crippen LogP contribution is 2.37. The van der Waals surface area contributed by atoms with Crippen molar-refractivity contribution in [2.45, 2.75) is 20.4 Å². The fourth-order valence-electron chi connectivity index (χ4n) is 3.18. The molecule has 0 N–H and O–H groups in total. The fraction of sp³-hybridized carbons (Fsp3) is 0.250. The van der Waals surface area contributed by atoms with Crippen molar-refractivity contribution in [1.82, 2.24) is 9.55 Å². The minimum absolute atomic E-state index is 0.253. The molecule has 0 unspecified atom stereocenters.